The maximum Gasteiger partial charge on any atom is 0.192 e. The molecule has 0 fully saturated rings. The highest BCUT2D eigenvalue weighted by atomic mass is 35.5. The number of hydrogen-bond donors (Lipinski definition) is 0. The molecule has 0 saturated heterocycles. The highest BCUT2D eigenvalue weighted by Crippen LogP contribution is 2.28. The minimum atomic E-state index is 0.667. The van der Waals surface area contributed by atoms with E-state index < -0.39 is 0 Å². The molecule has 0 aliphatic heterocycles. The fraction of sp³-hybridized carbons (Fsp3) is 0.200. The maximum absolute atomic E-state index is 5.99. The van der Waals surface area contributed by atoms with E-state index in [2.05, 4.69) is 53.4 Å². The van der Waals surface area contributed by atoms with Crippen molar-refractivity contribution in [3.63, 3.8) is 0 Å². The zero-order valence-corrected chi connectivity index (χ0v) is 15.9. The van der Waals surface area contributed by atoms with Crippen molar-refractivity contribution in [2.75, 3.05) is 0 Å². The standard InChI is InChI=1S/C20H20ClN3S/c1-4-11-24-19(16-7-9-18(21)10-8-16)22-23-20(24)25-13-17-12-14(2)5-6-15(17)3/h4-10,12H,1,11,13H2,2-3H3. The van der Waals surface area contributed by atoms with Crippen LogP contribution >= 0.6 is 23.4 Å². The molecule has 0 aliphatic carbocycles. The Bertz CT molecular complexity index is 884. The van der Waals surface area contributed by atoms with Gasteiger partial charge in [-0.1, -0.05) is 53.2 Å². The molecule has 3 rings (SSSR count). The quantitative estimate of drug-likeness (QED) is 0.413. The van der Waals surface area contributed by atoms with Crippen molar-refractivity contribution in [1.29, 1.82) is 0 Å². The van der Waals surface area contributed by atoms with Crippen LogP contribution in [-0.2, 0) is 12.3 Å². The van der Waals surface area contributed by atoms with Gasteiger partial charge < -0.3 is 0 Å². The zero-order valence-electron chi connectivity index (χ0n) is 14.4. The molecule has 1 aromatic heterocycles. The summed E-state index contributed by atoms with van der Waals surface area (Å²) in [6.45, 7) is 8.79. The fourth-order valence-corrected chi connectivity index (χ4v) is 3.74. The summed E-state index contributed by atoms with van der Waals surface area (Å²) in [5.74, 6) is 1.70. The third-order valence-corrected chi connectivity index (χ3v) is 5.26. The van der Waals surface area contributed by atoms with Crippen LogP contribution < -0.4 is 0 Å². The Hall–Kier alpha value is -2.04. The Morgan fingerprint density at radius 2 is 1.88 bits per heavy atom. The largest absolute Gasteiger partial charge is 0.298 e. The average molecular weight is 370 g/mol. The van der Waals surface area contributed by atoms with Gasteiger partial charge in [-0.15, -0.1) is 16.8 Å². The summed E-state index contributed by atoms with van der Waals surface area (Å²) in [6, 6.07) is 14.2. The fourth-order valence-electron chi connectivity index (χ4n) is 2.60. The minimum absolute atomic E-state index is 0.667. The Morgan fingerprint density at radius 3 is 2.60 bits per heavy atom. The van der Waals surface area contributed by atoms with E-state index in [1.165, 1.54) is 16.7 Å². The monoisotopic (exact) mass is 369 g/mol. The highest BCUT2D eigenvalue weighted by molar-refractivity contribution is 7.98. The summed E-state index contributed by atoms with van der Waals surface area (Å²) >= 11 is 7.68. The van der Waals surface area contributed by atoms with E-state index in [9.17, 15) is 0 Å². The SMILES string of the molecule is C=CCn1c(SCc2cc(C)ccc2C)nnc1-c1ccc(Cl)cc1. The maximum atomic E-state index is 5.99. The third-order valence-electron chi connectivity index (χ3n) is 3.99. The van der Waals surface area contributed by atoms with Gasteiger partial charge in [0.05, 0.1) is 0 Å². The van der Waals surface area contributed by atoms with Crippen LogP contribution in [0.4, 0.5) is 0 Å². The molecular weight excluding hydrogens is 350 g/mol. The Labute approximate surface area is 157 Å². The number of nitrogens with zero attached hydrogens (tertiary/aromatic N) is 3. The van der Waals surface area contributed by atoms with Gasteiger partial charge in [0.1, 0.15) is 0 Å². The van der Waals surface area contributed by atoms with Crippen molar-refractivity contribution in [3.05, 3.63) is 76.8 Å². The number of aromatic nitrogens is 3. The molecule has 3 aromatic rings. The second kappa shape index (κ2) is 7.89. The molecular formula is C20H20ClN3S. The first-order valence-electron chi connectivity index (χ1n) is 8.07. The molecule has 3 nitrogen and oxygen atoms in total. The van der Waals surface area contributed by atoms with Crippen molar-refractivity contribution in [3.8, 4) is 11.4 Å². The molecule has 2 aromatic carbocycles. The molecule has 0 spiro atoms. The van der Waals surface area contributed by atoms with Gasteiger partial charge in [-0.05, 0) is 49.2 Å². The summed E-state index contributed by atoms with van der Waals surface area (Å²) < 4.78 is 2.09. The number of aryl methyl sites for hydroxylation is 2. The van der Waals surface area contributed by atoms with Crippen LogP contribution in [0.15, 0.2) is 60.3 Å². The van der Waals surface area contributed by atoms with Gasteiger partial charge in [-0.3, -0.25) is 4.57 Å². The van der Waals surface area contributed by atoms with Gasteiger partial charge in [0.25, 0.3) is 0 Å². The topological polar surface area (TPSA) is 30.7 Å². The molecule has 0 aliphatic rings. The molecule has 1 heterocycles. The summed E-state index contributed by atoms with van der Waals surface area (Å²) in [7, 11) is 0. The highest BCUT2D eigenvalue weighted by Gasteiger charge is 2.14. The molecule has 0 radical (unpaired) electrons. The molecule has 128 valence electrons. The first kappa shape index (κ1) is 17.8. The van der Waals surface area contributed by atoms with E-state index >= 15 is 0 Å². The van der Waals surface area contributed by atoms with Gasteiger partial charge in [0, 0.05) is 22.9 Å². The van der Waals surface area contributed by atoms with Crippen molar-refractivity contribution in [2.24, 2.45) is 0 Å². The smallest absolute Gasteiger partial charge is 0.192 e. The Balaban J connectivity index is 1.87. The Morgan fingerprint density at radius 1 is 1.12 bits per heavy atom. The van der Waals surface area contributed by atoms with Crippen molar-refractivity contribution < 1.29 is 0 Å². The summed E-state index contributed by atoms with van der Waals surface area (Å²) in [4.78, 5) is 0. The van der Waals surface area contributed by atoms with E-state index in [0.29, 0.717) is 11.6 Å². The first-order chi connectivity index (χ1) is 12.1. The van der Waals surface area contributed by atoms with Crippen LogP contribution in [0.1, 0.15) is 16.7 Å². The van der Waals surface area contributed by atoms with Gasteiger partial charge in [-0.2, -0.15) is 0 Å². The zero-order chi connectivity index (χ0) is 17.8. The van der Waals surface area contributed by atoms with Crippen molar-refractivity contribution in [1.82, 2.24) is 14.8 Å². The van der Waals surface area contributed by atoms with Gasteiger partial charge in [0.15, 0.2) is 11.0 Å². The van der Waals surface area contributed by atoms with Crippen LogP contribution in [0, 0.1) is 13.8 Å². The number of rotatable bonds is 6. The van der Waals surface area contributed by atoms with E-state index in [0.717, 1.165) is 22.3 Å². The van der Waals surface area contributed by atoms with E-state index in [-0.39, 0.29) is 0 Å². The number of allylic oxidation sites excluding steroid dienone is 1. The summed E-state index contributed by atoms with van der Waals surface area (Å²) in [5, 5.41) is 10.4. The van der Waals surface area contributed by atoms with Crippen molar-refractivity contribution >= 4 is 23.4 Å². The predicted molar refractivity (Wildman–Crippen MR) is 106 cm³/mol. The summed E-state index contributed by atoms with van der Waals surface area (Å²) in [5.41, 5.74) is 4.89. The van der Waals surface area contributed by atoms with Gasteiger partial charge in [-0.25, -0.2) is 0 Å². The van der Waals surface area contributed by atoms with Crippen LogP contribution in [0.3, 0.4) is 0 Å². The van der Waals surface area contributed by atoms with Crippen LogP contribution in [0.2, 0.25) is 5.02 Å². The lowest BCUT2D eigenvalue weighted by molar-refractivity contribution is 0.731. The normalized spacial score (nSPS) is 10.8. The van der Waals surface area contributed by atoms with Crippen molar-refractivity contribution in [2.45, 2.75) is 31.3 Å². The minimum Gasteiger partial charge on any atom is -0.298 e. The van der Waals surface area contributed by atoms with E-state index in [4.69, 9.17) is 11.6 Å². The number of thioether (sulfide) groups is 1. The molecule has 0 amide bonds. The Kier molecular flexibility index (Phi) is 5.61. The van der Waals surface area contributed by atoms with Gasteiger partial charge >= 0.3 is 0 Å². The van der Waals surface area contributed by atoms with Crippen LogP contribution in [0.25, 0.3) is 11.4 Å². The molecule has 0 bridgehead atoms. The van der Waals surface area contributed by atoms with E-state index in [1.807, 2.05) is 30.3 Å². The first-order valence-corrected chi connectivity index (χ1v) is 9.44. The number of hydrogen-bond acceptors (Lipinski definition) is 3. The lowest BCUT2D eigenvalue weighted by atomic mass is 10.1. The second-order valence-corrected chi connectivity index (χ2v) is 7.31. The molecule has 0 saturated carbocycles. The lowest BCUT2D eigenvalue weighted by Gasteiger charge is -2.09. The summed E-state index contributed by atoms with van der Waals surface area (Å²) in [6.07, 6.45) is 1.87. The third kappa shape index (κ3) is 4.14. The molecule has 0 N–H and O–H groups in total. The van der Waals surface area contributed by atoms with Crippen LogP contribution in [-0.4, -0.2) is 14.8 Å². The predicted octanol–water partition coefficient (Wildman–Crippen LogP) is 5.69. The van der Waals surface area contributed by atoms with Gasteiger partial charge in [0.2, 0.25) is 0 Å². The molecule has 0 atom stereocenters. The second-order valence-electron chi connectivity index (χ2n) is 5.93. The molecule has 5 heteroatoms. The van der Waals surface area contributed by atoms with E-state index in [1.54, 1.807) is 11.8 Å². The molecule has 25 heavy (non-hydrogen) atoms. The number of benzene rings is 2. The lowest BCUT2D eigenvalue weighted by Crippen LogP contribution is -2.01. The van der Waals surface area contributed by atoms with Crippen LogP contribution in [0.5, 0.6) is 0 Å². The molecule has 0 unspecified atom stereocenters. The average Bonchev–Trinajstić information content (AvgIpc) is 2.99. The number of halogens is 1.